The van der Waals surface area contributed by atoms with E-state index in [0.717, 1.165) is 24.8 Å². The van der Waals surface area contributed by atoms with Crippen LogP contribution < -0.4 is 11.1 Å². The number of hydrogen-bond acceptors (Lipinski definition) is 8. The molecule has 1 aliphatic carbocycles. The van der Waals surface area contributed by atoms with E-state index in [0.29, 0.717) is 38.4 Å². The van der Waals surface area contributed by atoms with Gasteiger partial charge in [-0.1, -0.05) is 51.1 Å². The SMILES string of the molecule is CC(C)(C)C1CCc2c(sc(NC(=O)CCSc3nc(N)c(C#N)c(-c4ccccc4)c3C#N)c2C#N)C1. The number of amides is 1. The van der Waals surface area contributed by atoms with Crippen molar-refractivity contribution in [2.75, 3.05) is 16.8 Å². The number of pyridine rings is 1. The number of thiophene rings is 1. The number of nitrogens with two attached hydrogens (primary N) is 1. The van der Waals surface area contributed by atoms with Gasteiger partial charge in [0.1, 0.15) is 39.6 Å². The van der Waals surface area contributed by atoms with Crippen molar-refractivity contribution < 1.29 is 4.79 Å². The molecule has 0 saturated carbocycles. The van der Waals surface area contributed by atoms with E-state index in [-0.39, 0.29) is 34.7 Å². The van der Waals surface area contributed by atoms with Gasteiger partial charge in [0, 0.05) is 22.6 Å². The molecule has 192 valence electrons. The van der Waals surface area contributed by atoms with Crippen LogP contribution >= 0.6 is 23.1 Å². The maximum absolute atomic E-state index is 12.8. The van der Waals surface area contributed by atoms with E-state index >= 15 is 0 Å². The summed E-state index contributed by atoms with van der Waals surface area (Å²) in [4.78, 5) is 18.3. The van der Waals surface area contributed by atoms with E-state index in [4.69, 9.17) is 5.73 Å². The average Bonchev–Trinajstić information content (AvgIpc) is 3.24. The van der Waals surface area contributed by atoms with Crippen LogP contribution in [0.15, 0.2) is 35.4 Å². The second-order valence-corrected chi connectivity index (χ2v) is 12.5. The Morgan fingerprint density at radius 2 is 1.82 bits per heavy atom. The Hall–Kier alpha value is -3.84. The minimum absolute atomic E-state index is 0.0497. The molecule has 0 aliphatic heterocycles. The fourth-order valence-corrected chi connectivity index (χ4v) is 6.99. The average molecular weight is 541 g/mol. The molecule has 0 spiro atoms. The lowest BCUT2D eigenvalue weighted by molar-refractivity contribution is -0.115. The molecule has 3 N–H and O–H groups in total. The molecular weight excluding hydrogens is 512 g/mol. The van der Waals surface area contributed by atoms with Crippen LogP contribution in [0.2, 0.25) is 0 Å². The van der Waals surface area contributed by atoms with Crippen molar-refractivity contribution in [3.63, 3.8) is 0 Å². The minimum atomic E-state index is -0.205. The van der Waals surface area contributed by atoms with Crippen LogP contribution in [-0.4, -0.2) is 16.6 Å². The fraction of sp³-hybridized carbons (Fsp3) is 0.345. The standard InChI is InChI=1S/C29H28N6OS2/c1-29(2,3)18-9-10-19-20(14-30)28(38-23(19)13-18)34-24(36)11-12-37-27-22(16-32)25(17-7-5-4-6-8-17)21(15-31)26(33)35-27/h4-8,18H,9-13H2,1-3H3,(H2,33,35)(H,34,36). The molecule has 1 aliphatic rings. The van der Waals surface area contributed by atoms with Gasteiger partial charge in [-0.2, -0.15) is 15.8 Å². The normalized spacial score (nSPS) is 14.6. The Balaban J connectivity index is 1.49. The van der Waals surface area contributed by atoms with Crippen LogP contribution in [0.3, 0.4) is 0 Å². The number of nitrogens with one attached hydrogen (secondary N) is 1. The third-order valence-corrected chi connectivity index (χ3v) is 9.05. The van der Waals surface area contributed by atoms with Crippen LogP contribution in [-0.2, 0) is 17.6 Å². The molecule has 38 heavy (non-hydrogen) atoms. The second kappa shape index (κ2) is 11.3. The molecule has 7 nitrogen and oxygen atoms in total. The van der Waals surface area contributed by atoms with Crippen LogP contribution in [0.4, 0.5) is 10.8 Å². The predicted molar refractivity (Wildman–Crippen MR) is 151 cm³/mol. The monoisotopic (exact) mass is 540 g/mol. The van der Waals surface area contributed by atoms with Crippen LogP contribution in [0.1, 0.15) is 60.7 Å². The molecule has 9 heteroatoms. The summed E-state index contributed by atoms with van der Waals surface area (Å²) in [6.07, 6.45) is 2.99. The maximum Gasteiger partial charge on any atom is 0.225 e. The first-order chi connectivity index (χ1) is 18.2. The van der Waals surface area contributed by atoms with Crippen molar-refractivity contribution in [1.29, 1.82) is 15.8 Å². The number of carbonyl (C=O) groups is 1. The van der Waals surface area contributed by atoms with Crippen molar-refractivity contribution in [2.24, 2.45) is 11.3 Å². The lowest BCUT2D eigenvalue weighted by Gasteiger charge is -2.33. The van der Waals surface area contributed by atoms with Crippen LogP contribution in [0.25, 0.3) is 11.1 Å². The molecular formula is C29H28N6OS2. The largest absolute Gasteiger partial charge is 0.383 e. The van der Waals surface area contributed by atoms with Gasteiger partial charge in [0.2, 0.25) is 5.91 Å². The highest BCUT2D eigenvalue weighted by atomic mass is 32.2. The van der Waals surface area contributed by atoms with E-state index in [1.54, 1.807) is 0 Å². The number of aromatic nitrogens is 1. The zero-order chi connectivity index (χ0) is 27.4. The van der Waals surface area contributed by atoms with Gasteiger partial charge in [-0.05, 0) is 41.7 Å². The van der Waals surface area contributed by atoms with E-state index in [9.17, 15) is 20.6 Å². The van der Waals surface area contributed by atoms with Gasteiger partial charge in [-0.15, -0.1) is 23.1 Å². The van der Waals surface area contributed by atoms with Crippen LogP contribution in [0.5, 0.6) is 0 Å². The summed E-state index contributed by atoms with van der Waals surface area (Å²) in [7, 11) is 0. The number of benzene rings is 1. The summed E-state index contributed by atoms with van der Waals surface area (Å²) in [5.41, 5.74) is 9.51. The van der Waals surface area contributed by atoms with Crippen molar-refractivity contribution in [1.82, 2.24) is 4.98 Å². The number of nitrogen functional groups attached to an aromatic ring is 1. The first-order valence-corrected chi connectivity index (χ1v) is 14.1. The smallest absolute Gasteiger partial charge is 0.225 e. The van der Waals surface area contributed by atoms with Gasteiger partial charge >= 0.3 is 0 Å². The van der Waals surface area contributed by atoms with E-state index in [1.165, 1.54) is 28.0 Å². The van der Waals surface area contributed by atoms with Crippen molar-refractivity contribution in [2.45, 2.75) is 51.5 Å². The lowest BCUT2D eigenvalue weighted by atomic mass is 9.72. The Kier molecular flexibility index (Phi) is 8.07. The number of hydrogen-bond donors (Lipinski definition) is 2. The second-order valence-electron chi connectivity index (χ2n) is 10.3. The first kappa shape index (κ1) is 27.2. The summed E-state index contributed by atoms with van der Waals surface area (Å²) >= 11 is 2.76. The molecule has 4 rings (SSSR count). The van der Waals surface area contributed by atoms with E-state index < -0.39 is 0 Å². The summed E-state index contributed by atoms with van der Waals surface area (Å²) in [6, 6.07) is 15.7. The van der Waals surface area contributed by atoms with Gasteiger partial charge < -0.3 is 11.1 Å². The third-order valence-electron chi connectivity index (χ3n) is 6.90. The molecule has 0 radical (unpaired) electrons. The molecule has 1 amide bonds. The highest BCUT2D eigenvalue weighted by Gasteiger charge is 2.32. The highest BCUT2D eigenvalue weighted by Crippen LogP contribution is 2.44. The molecule has 3 aromatic rings. The van der Waals surface area contributed by atoms with Gasteiger partial charge in [-0.25, -0.2) is 4.98 Å². The van der Waals surface area contributed by atoms with Gasteiger partial charge in [0.15, 0.2) is 0 Å². The molecule has 1 atom stereocenters. The quantitative estimate of drug-likeness (QED) is 0.351. The van der Waals surface area contributed by atoms with Crippen molar-refractivity contribution in [3.8, 4) is 29.3 Å². The third kappa shape index (κ3) is 5.53. The number of anilines is 2. The molecule has 2 aromatic heterocycles. The summed E-state index contributed by atoms with van der Waals surface area (Å²) in [5.74, 6) is 0.742. The number of carbonyl (C=O) groups excluding carboxylic acids is 1. The molecule has 0 fully saturated rings. The molecule has 2 heterocycles. The van der Waals surface area contributed by atoms with Gasteiger partial charge in [0.05, 0.1) is 11.1 Å². The molecule has 0 bridgehead atoms. The van der Waals surface area contributed by atoms with Gasteiger partial charge in [0.25, 0.3) is 0 Å². The number of rotatable bonds is 6. The zero-order valence-corrected chi connectivity index (χ0v) is 23.2. The highest BCUT2D eigenvalue weighted by molar-refractivity contribution is 7.99. The van der Waals surface area contributed by atoms with Crippen molar-refractivity contribution >= 4 is 39.8 Å². The summed E-state index contributed by atoms with van der Waals surface area (Å²) in [5, 5.41) is 33.3. The number of fused-ring (bicyclic) bond motifs is 1. The van der Waals surface area contributed by atoms with E-state index in [1.807, 2.05) is 30.3 Å². The minimum Gasteiger partial charge on any atom is -0.383 e. The molecule has 0 saturated heterocycles. The topological polar surface area (TPSA) is 139 Å². The number of nitrogens with zero attached hydrogens (tertiary/aromatic N) is 4. The molecule has 1 aromatic carbocycles. The Morgan fingerprint density at radius 1 is 1.13 bits per heavy atom. The summed E-state index contributed by atoms with van der Waals surface area (Å²) in [6.45, 7) is 6.75. The molecule has 1 unspecified atom stereocenters. The number of nitriles is 3. The van der Waals surface area contributed by atoms with Crippen LogP contribution in [0, 0.1) is 45.3 Å². The van der Waals surface area contributed by atoms with Crippen molar-refractivity contribution in [3.05, 3.63) is 57.5 Å². The number of thioether (sulfide) groups is 1. The lowest BCUT2D eigenvalue weighted by Crippen LogP contribution is -2.26. The zero-order valence-electron chi connectivity index (χ0n) is 21.6. The summed E-state index contributed by atoms with van der Waals surface area (Å²) < 4.78 is 0. The Labute approximate surface area is 231 Å². The maximum atomic E-state index is 12.8. The fourth-order valence-electron chi connectivity index (χ4n) is 4.76. The predicted octanol–water partition coefficient (Wildman–Crippen LogP) is 6.28. The Bertz CT molecular complexity index is 1500. The van der Waals surface area contributed by atoms with Gasteiger partial charge in [-0.3, -0.25) is 4.79 Å². The van der Waals surface area contributed by atoms with E-state index in [2.05, 4.69) is 49.3 Å². The first-order valence-electron chi connectivity index (χ1n) is 12.3. The Morgan fingerprint density at radius 3 is 2.45 bits per heavy atom.